The van der Waals surface area contributed by atoms with Crippen LogP contribution in [-0.2, 0) is 0 Å². The summed E-state index contributed by atoms with van der Waals surface area (Å²) in [5, 5.41) is 3.27. The van der Waals surface area contributed by atoms with E-state index in [1.54, 1.807) is 50.4 Å². The number of nitrogens with zero attached hydrogens (tertiary/aromatic N) is 1. The van der Waals surface area contributed by atoms with Gasteiger partial charge in [0, 0.05) is 11.6 Å². The summed E-state index contributed by atoms with van der Waals surface area (Å²) >= 11 is 1.14. The minimum absolute atomic E-state index is 0.339. The fourth-order valence-electron chi connectivity index (χ4n) is 2.45. The molecule has 3 aromatic rings. The van der Waals surface area contributed by atoms with Crippen LogP contribution in [0.5, 0.6) is 11.5 Å². The molecule has 7 heteroatoms. The van der Waals surface area contributed by atoms with Crippen molar-refractivity contribution in [3.05, 3.63) is 58.9 Å². The molecule has 0 spiro atoms. The summed E-state index contributed by atoms with van der Waals surface area (Å²) in [5.74, 6) is 0.390. The Kier molecular flexibility index (Phi) is 5.18. The molecule has 0 bridgehead atoms. The van der Waals surface area contributed by atoms with E-state index in [9.17, 15) is 9.18 Å². The quantitative estimate of drug-likeness (QED) is 0.715. The second kappa shape index (κ2) is 7.53. The number of benzene rings is 2. The fraction of sp³-hybridized carbons (Fsp3) is 0.158. The van der Waals surface area contributed by atoms with E-state index < -0.39 is 0 Å². The number of amides is 1. The summed E-state index contributed by atoms with van der Waals surface area (Å²) in [4.78, 5) is 17.5. The molecular weight excluding hydrogens is 355 g/mol. The first kappa shape index (κ1) is 17.9. The van der Waals surface area contributed by atoms with Crippen molar-refractivity contribution in [1.82, 2.24) is 4.98 Å². The molecule has 26 heavy (non-hydrogen) atoms. The molecule has 1 N–H and O–H groups in total. The molecule has 2 aromatic carbocycles. The van der Waals surface area contributed by atoms with Crippen molar-refractivity contribution in [3.8, 4) is 22.1 Å². The van der Waals surface area contributed by atoms with Crippen LogP contribution in [0.15, 0.2) is 42.5 Å². The lowest BCUT2D eigenvalue weighted by Gasteiger charge is -2.11. The summed E-state index contributed by atoms with van der Waals surface area (Å²) in [7, 11) is 3.06. The molecule has 0 atom stereocenters. The predicted molar refractivity (Wildman–Crippen MR) is 99.7 cm³/mol. The summed E-state index contributed by atoms with van der Waals surface area (Å²) in [6.45, 7) is 1.72. The van der Waals surface area contributed by atoms with Crippen LogP contribution in [0.2, 0.25) is 0 Å². The molecular formula is C19H17FN2O3S. The Hall–Kier alpha value is -2.93. The molecule has 5 nitrogen and oxygen atoms in total. The first-order valence-electron chi connectivity index (χ1n) is 7.79. The van der Waals surface area contributed by atoms with E-state index in [4.69, 9.17) is 9.47 Å². The van der Waals surface area contributed by atoms with Gasteiger partial charge < -0.3 is 14.8 Å². The summed E-state index contributed by atoms with van der Waals surface area (Å²) in [6, 6.07) is 11.5. The van der Waals surface area contributed by atoms with Gasteiger partial charge in [0.15, 0.2) is 0 Å². The molecule has 3 rings (SSSR count). The summed E-state index contributed by atoms with van der Waals surface area (Å²) < 4.78 is 24.4. The molecule has 1 heterocycles. The average molecular weight is 372 g/mol. The number of nitrogens with one attached hydrogen (secondary N) is 1. The molecule has 0 saturated carbocycles. The topological polar surface area (TPSA) is 60.5 Å². The van der Waals surface area contributed by atoms with Crippen molar-refractivity contribution in [3.63, 3.8) is 0 Å². The van der Waals surface area contributed by atoms with Crippen LogP contribution < -0.4 is 14.8 Å². The van der Waals surface area contributed by atoms with Crippen LogP contribution in [0.3, 0.4) is 0 Å². The number of halogens is 1. The van der Waals surface area contributed by atoms with Crippen molar-refractivity contribution >= 4 is 22.9 Å². The third-order valence-corrected chi connectivity index (χ3v) is 4.95. The first-order chi connectivity index (χ1) is 12.5. The van der Waals surface area contributed by atoms with Crippen molar-refractivity contribution in [1.29, 1.82) is 0 Å². The second-order valence-electron chi connectivity index (χ2n) is 5.43. The van der Waals surface area contributed by atoms with Gasteiger partial charge >= 0.3 is 0 Å². The van der Waals surface area contributed by atoms with Gasteiger partial charge in [0.05, 0.1) is 25.6 Å². The molecule has 0 aliphatic heterocycles. The highest BCUT2D eigenvalue weighted by Gasteiger charge is 2.19. The molecule has 1 amide bonds. The number of carbonyl (C=O) groups is 1. The minimum atomic E-state index is -0.373. The van der Waals surface area contributed by atoms with Crippen molar-refractivity contribution < 1.29 is 18.7 Å². The summed E-state index contributed by atoms with van der Waals surface area (Å²) in [6.07, 6.45) is 0. The number of hydrogen-bond donors (Lipinski definition) is 1. The molecule has 0 radical (unpaired) electrons. The number of aromatic nitrogens is 1. The zero-order valence-corrected chi connectivity index (χ0v) is 15.3. The molecule has 0 aliphatic rings. The van der Waals surface area contributed by atoms with Gasteiger partial charge in [0.25, 0.3) is 5.91 Å². The van der Waals surface area contributed by atoms with Crippen LogP contribution >= 0.6 is 11.3 Å². The average Bonchev–Trinajstić information content (AvgIpc) is 3.03. The molecule has 0 unspecified atom stereocenters. The molecule has 1 aromatic heterocycles. The Morgan fingerprint density at radius 1 is 1.15 bits per heavy atom. The van der Waals surface area contributed by atoms with Crippen molar-refractivity contribution in [2.24, 2.45) is 0 Å². The maximum Gasteiger partial charge on any atom is 0.267 e. The number of anilines is 1. The van der Waals surface area contributed by atoms with E-state index in [2.05, 4.69) is 10.3 Å². The Morgan fingerprint density at radius 2 is 1.92 bits per heavy atom. The Bertz CT molecular complexity index is 956. The van der Waals surface area contributed by atoms with E-state index in [1.807, 2.05) is 0 Å². The van der Waals surface area contributed by atoms with Gasteiger partial charge in [-0.25, -0.2) is 9.37 Å². The van der Waals surface area contributed by atoms with Gasteiger partial charge in [-0.15, -0.1) is 11.3 Å². The molecule has 0 saturated heterocycles. The highest BCUT2D eigenvalue weighted by atomic mass is 32.1. The van der Waals surface area contributed by atoms with Crippen molar-refractivity contribution in [2.45, 2.75) is 6.92 Å². The second-order valence-corrected chi connectivity index (χ2v) is 6.43. The number of hydrogen-bond acceptors (Lipinski definition) is 5. The van der Waals surface area contributed by atoms with Crippen LogP contribution in [0.25, 0.3) is 10.6 Å². The molecule has 134 valence electrons. The Balaban J connectivity index is 1.91. The van der Waals surface area contributed by atoms with Gasteiger partial charge in [-0.3, -0.25) is 4.79 Å². The van der Waals surface area contributed by atoms with E-state index in [0.717, 1.165) is 11.3 Å². The monoisotopic (exact) mass is 372 g/mol. The van der Waals surface area contributed by atoms with Crippen LogP contribution in [0, 0.1) is 12.7 Å². The van der Waals surface area contributed by atoms with E-state index in [-0.39, 0.29) is 11.7 Å². The van der Waals surface area contributed by atoms with Gasteiger partial charge in [-0.05, 0) is 31.2 Å². The minimum Gasteiger partial charge on any atom is -0.497 e. The lowest BCUT2D eigenvalue weighted by molar-refractivity contribution is 0.102. The van der Waals surface area contributed by atoms with Crippen LogP contribution in [-0.4, -0.2) is 25.1 Å². The van der Waals surface area contributed by atoms with Gasteiger partial charge in [-0.1, -0.05) is 12.1 Å². The van der Waals surface area contributed by atoms with Gasteiger partial charge in [0.1, 0.15) is 27.2 Å². The lowest BCUT2D eigenvalue weighted by atomic mass is 10.2. The standard InChI is InChI=1S/C19H17FN2O3S/c1-11-17(26-19(21-11)13-6-4-5-7-14(13)20)18(23)22-15-10-12(24-2)8-9-16(15)25-3/h4-10H,1-3H3,(H,22,23). The number of rotatable bonds is 5. The third kappa shape index (κ3) is 3.52. The maximum atomic E-state index is 14.0. The Labute approximate surface area is 154 Å². The smallest absolute Gasteiger partial charge is 0.267 e. The number of aryl methyl sites for hydroxylation is 1. The first-order valence-corrected chi connectivity index (χ1v) is 8.61. The fourth-order valence-corrected chi connectivity index (χ4v) is 3.44. The van der Waals surface area contributed by atoms with Crippen molar-refractivity contribution in [2.75, 3.05) is 19.5 Å². The zero-order valence-electron chi connectivity index (χ0n) is 14.5. The van der Waals surface area contributed by atoms with E-state index in [1.165, 1.54) is 13.2 Å². The lowest BCUT2D eigenvalue weighted by Crippen LogP contribution is -2.12. The van der Waals surface area contributed by atoms with E-state index >= 15 is 0 Å². The maximum absolute atomic E-state index is 14.0. The van der Waals surface area contributed by atoms with Crippen LogP contribution in [0.1, 0.15) is 15.4 Å². The predicted octanol–water partition coefficient (Wildman–Crippen LogP) is 4.53. The normalized spacial score (nSPS) is 10.5. The largest absolute Gasteiger partial charge is 0.497 e. The van der Waals surface area contributed by atoms with Crippen LogP contribution in [0.4, 0.5) is 10.1 Å². The SMILES string of the molecule is COc1ccc(OC)c(NC(=O)c2sc(-c3ccccc3F)nc2C)c1. The number of thiazole rings is 1. The number of methoxy groups -OCH3 is 2. The molecule has 0 fully saturated rings. The van der Waals surface area contributed by atoms with E-state index in [0.29, 0.717) is 38.3 Å². The van der Waals surface area contributed by atoms with Gasteiger partial charge in [0.2, 0.25) is 0 Å². The Morgan fingerprint density at radius 3 is 2.62 bits per heavy atom. The highest BCUT2D eigenvalue weighted by molar-refractivity contribution is 7.17. The summed E-state index contributed by atoms with van der Waals surface area (Å²) in [5.41, 5.74) is 1.39. The van der Waals surface area contributed by atoms with Gasteiger partial charge in [-0.2, -0.15) is 0 Å². The molecule has 0 aliphatic carbocycles. The zero-order chi connectivity index (χ0) is 18.7. The highest BCUT2D eigenvalue weighted by Crippen LogP contribution is 2.32. The number of carbonyl (C=O) groups excluding carboxylic acids is 1. The number of ether oxygens (including phenoxy) is 2. The third-order valence-electron chi connectivity index (χ3n) is 3.76.